The summed E-state index contributed by atoms with van der Waals surface area (Å²) in [4.78, 5) is 18.3. The van der Waals surface area contributed by atoms with Gasteiger partial charge in [0.1, 0.15) is 23.1 Å². The Labute approximate surface area is 151 Å². The summed E-state index contributed by atoms with van der Waals surface area (Å²) in [5.41, 5.74) is 2.61. The number of nitrogens with zero attached hydrogens (tertiary/aromatic N) is 2. The zero-order valence-electron chi connectivity index (χ0n) is 14.3. The van der Waals surface area contributed by atoms with Gasteiger partial charge < -0.3 is 9.64 Å². The topological polar surface area (TPSA) is 42.4 Å². The molecule has 1 heterocycles. The van der Waals surface area contributed by atoms with E-state index in [9.17, 15) is 4.79 Å². The number of hydrogen-bond donors (Lipinski definition) is 0. The van der Waals surface area contributed by atoms with E-state index < -0.39 is 0 Å². The average molecular weight is 352 g/mol. The van der Waals surface area contributed by atoms with E-state index in [-0.39, 0.29) is 5.91 Å². The largest absolute Gasteiger partial charge is 0.489 e. The normalized spacial score (nSPS) is 10.5. The van der Waals surface area contributed by atoms with E-state index in [1.807, 2.05) is 66.9 Å². The fraction of sp³-hybridized carbons (Fsp3) is 0.200. The zero-order chi connectivity index (χ0) is 17.6. The molecular formula is C20H20N2O2S. The Morgan fingerprint density at radius 1 is 1.12 bits per heavy atom. The maximum atomic E-state index is 12.1. The lowest BCUT2D eigenvalue weighted by molar-refractivity contribution is 0.0797. The highest BCUT2D eigenvalue weighted by Gasteiger charge is 2.14. The van der Waals surface area contributed by atoms with Crippen LogP contribution in [0.25, 0.3) is 10.6 Å². The fourth-order valence-electron chi connectivity index (χ4n) is 2.28. The molecule has 3 aromatic rings. The molecule has 0 aliphatic heterocycles. The lowest BCUT2D eigenvalue weighted by Gasteiger charge is -2.11. The van der Waals surface area contributed by atoms with E-state index in [4.69, 9.17) is 4.74 Å². The van der Waals surface area contributed by atoms with Crippen LogP contribution in [-0.4, -0.2) is 29.4 Å². The molecule has 0 bridgehead atoms. The van der Waals surface area contributed by atoms with E-state index in [2.05, 4.69) is 4.98 Å². The first-order chi connectivity index (χ1) is 12.2. The Morgan fingerprint density at radius 2 is 1.84 bits per heavy atom. The Bertz CT molecular complexity index is 828. The Kier molecular flexibility index (Phi) is 5.46. The van der Waals surface area contributed by atoms with Crippen molar-refractivity contribution in [3.63, 3.8) is 0 Å². The number of hydrogen-bond acceptors (Lipinski definition) is 4. The van der Waals surface area contributed by atoms with E-state index >= 15 is 0 Å². The van der Waals surface area contributed by atoms with Gasteiger partial charge >= 0.3 is 0 Å². The van der Waals surface area contributed by atoms with Gasteiger partial charge in [-0.05, 0) is 36.8 Å². The minimum absolute atomic E-state index is 0.0483. The molecule has 0 fully saturated rings. The summed E-state index contributed by atoms with van der Waals surface area (Å²) in [6.45, 7) is 3.15. The van der Waals surface area contributed by atoms with Crippen LogP contribution in [0.5, 0.6) is 5.75 Å². The second kappa shape index (κ2) is 7.94. The molecule has 0 radical (unpaired) electrons. The highest BCUT2D eigenvalue weighted by atomic mass is 32.1. The van der Waals surface area contributed by atoms with Crippen molar-refractivity contribution < 1.29 is 9.53 Å². The smallest absolute Gasteiger partial charge is 0.273 e. The molecule has 0 spiro atoms. The molecule has 0 N–H and O–H groups in total. The van der Waals surface area contributed by atoms with Crippen LogP contribution in [0.3, 0.4) is 0 Å². The van der Waals surface area contributed by atoms with Crippen molar-refractivity contribution in [3.05, 3.63) is 71.2 Å². The van der Waals surface area contributed by atoms with Crippen molar-refractivity contribution >= 4 is 17.2 Å². The predicted molar refractivity (Wildman–Crippen MR) is 101 cm³/mol. The molecule has 0 unspecified atom stereocenters. The summed E-state index contributed by atoms with van der Waals surface area (Å²) >= 11 is 1.48. The Morgan fingerprint density at radius 3 is 2.52 bits per heavy atom. The molecule has 4 nitrogen and oxygen atoms in total. The summed E-state index contributed by atoms with van der Waals surface area (Å²) in [6.07, 6.45) is 0. The molecule has 3 rings (SSSR count). The van der Waals surface area contributed by atoms with Gasteiger partial charge in [-0.1, -0.05) is 30.3 Å². The van der Waals surface area contributed by atoms with Gasteiger partial charge in [-0.15, -0.1) is 11.3 Å². The van der Waals surface area contributed by atoms with Gasteiger partial charge in [-0.25, -0.2) is 4.98 Å². The number of aromatic nitrogens is 1. The monoisotopic (exact) mass is 352 g/mol. The first-order valence-electron chi connectivity index (χ1n) is 8.15. The van der Waals surface area contributed by atoms with Crippen molar-refractivity contribution in [2.75, 3.05) is 13.6 Å². The number of carbonyl (C=O) groups is 1. The van der Waals surface area contributed by atoms with E-state index in [0.717, 1.165) is 21.9 Å². The van der Waals surface area contributed by atoms with Crippen LogP contribution < -0.4 is 4.74 Å². The summed E-state index contributed by atoms with van der Waals surface area (Å²) < 4.78 is 5.79. The van der Waals surface area contributed by atoms with Crippen molar-refractivity contribution in [1.29, 1.82) is 0 Å². The van der Waals surface area contributed by atoms with Gasteiger partial charge in [0.25, 0.3) is 5.91 Å². The number of carbonyl (C=O) groups excluding carboxylic acids is 1. The minimum Gasteiger partial charge on any atom is -0.489 e. The van der Waals surface area contributed by atoms with Crippen molar-refractivity contribution in [2.45, 2.75) is 13.5 Å². The second-order valence-corrected chi connectivity index (χ2v) is 6.51. The lowest BCUT2D eigenvalue weighted by atomic mass is 10.2. The second-order valence-electron chi connectivity index (χ2n) is 5.66. The molecule has 1 aromatic heterocycles. The van der Waals surface area contributed by atoms with Gasteiger partial charge in [-0.3, -0.25) is 4.79 Å². The molecule has 128 valence electrons. The molecule has 0 saturated carbocycles. The maximum absolute atomic E-state index is 12.1. The van der Waals surface area contributed by atoms with Crippen LogP contribution in [0, 0.1) is 0 Å². The molecular weight excluding hydrogens is 332 g/mol. The SMILES string of the molecule is CCN(C)C(=O)c1csc(-c2ccc(OCc3ccccc3)cc2)n1. The highest BCUT2D eigenvalue weighted by Crippen LogP contribution is 2.26. The molecule has 1 amide bonds. The summed E-state index contributed by atoms with van der Waals surface area (Å²) in [5.74, 6) is 0.763. The van der Waals surface area contributed by atoms with Crippen LogP contribution in [0.4, 0.5) is 0 Å². The molecule has 2 aromatic carbocycles. The van der Waals surface area contributed by atoms with Crippen LogP contribution in [0.15, 0.2) is 60.0 Å². The van der Waals surface area contributed by atoms with Gasteiger partial charge in [0.15, 0.2) is 0 Å². The number of benzene rings is 2. The van der Waals surface area contributed by atoms with Crippen molar-refractivity contribution in [1.82, 2.24) is 9.88 Å². The third kappa shape index (κ3) is 4.25. The summed E-state index contributed by atoms with van der Waals surface area (Å²) in [6, 6.07) is 17.9. The zero-order valence-corrected chi connectivity index (χ0v) is 15.1. The predicted octanol–water partition coefficient (Wildman–Crippen LogP) is 4.48. The third-order valence-corrected chi connectivity index (χ3v) is 4.79. The fourth-order valence-corrected chi connectivity index (χ4v) is 3.08. The van der Waals surface area contributed by atoms with Gasteiger partial charge in [0.05, 0.1) is 0 Å². The lowest BCUT2D eigenvalue weighted by Crippen LogP contribution is -2.26. The molecule has 0 saturated heterocycles. The molecule has 25 heavy (non-hydrogen) atoms. The van der Waals surface area contributed by atoms with Crippen LogP contribution >= 0.6 is 11.3 Å². The minimum atomic E-state index is -0.0483. The molecule has 5 heteroatoms. The van der Waals surface area contributed by atoms with Gasteiger partial charge in [0.2, 0.25) is 0 Å². The van der Waals surface area contributed by atoms with Crippen molar-refractivity contribution in [2.24, 2.45) is 0 Å². The van der Waals surface area contributed by atoms with Crippen LogP contribution in [0.2, 0.25) is 0 Å². The third-order valence-electron chi connectivity index (χ3n) is 3.89. The highest BCUT2D eigenvalue weighted by molar-refractivity contribution is 7.13. The number of amides is 1. The number of thiazole rings is 1. The number of ether oxygens (including phenoxy) is 1. The quantitative estimate of drug-likeness (QED) is 0.657. The van der Waals surface area contributed by atoms with E-state index in [1.165, 1.54) is 11.3 Å². The Hall–Kier alpha value is -2.66. The molecule has 0 aliphatic carbocycles. The number of rotatable bonds is 6. The van der Waals surface area contributed by atoms with E-state index in [0.29, 0.717) is 18.8 Å². The summed E-state index contributed by atoms with van der Waals surface area (Å²) in [5, 5.41) is 2.64. The first kappa shape index (κ1) is 17.2. The van der Waals surface area contributed by atoms with Gasteiger partial charge in [-0.2, -0.15) is 0 Å². The standard InChI is InChI=1S/C20H20N2O2S/c1-3-22(2)20(23)18-14-25-19(21-18)16-9-11-17(12-10-16)24-13-15-7-5-4-6-8-15/h4-12,14H,3,13H2,1-2H3. The molecule has 0 atom stereocenters. The van der Waals surface area contributed by atoms with Gasteiger partial charge in [0, 0.05) is 24.5 Å². The van der Waals surface area contributed by atoms with E-state index in [1.54, 1.807) is 11.9 Å². The first-order valence-corrected chi connectivity index (χ1v) is 9.03. The maximum Gasteiger partial charge on any atom is 0.273 e. The van der Waals surface area contributed by atoms with Crippen molar-refractivity contribution in [3.8, 4) is 16.3 Å². The molecule has 0 aliphatic rings. The van der Waals surface area contributed by atoms with Crippen LogP contribution in [-0.2, 0) is 6.61 Å². The average Bonchev–Trinajstić information content (AvgIpc) is 3.16. The van der Waals surface area contributed by atoms with Crippen LogP contribution in [0.1, 0.15) is 23.0 Å². The summed E-state index contributed by atoms with van der Waals surface area (Å²) in [7, 11) is 1.78. The Balaban J connectivity index is 1.66.